The van der Waals surface area contributed by atoms with Gasteiger partial charge in [-0.15, -0.1) is 0 Å². The maximum absolute atomic E-state index is 5.73. The SMILES string of the molecule is Cc1cc(CN2CCCOC(C)C2)oc1CN. The minimum absolute atomic E-state index is 0.308. The molecule has 1 unspecified atom stereocenters. The summed E-state index contributed by atoms with van der Waals surface area (Å²) in [6.45, 7) is 8.41. The molecule has 1 aromatic heterocycles. The van der Waals surface area contributed by atoms with Crippen LogP contribution >= 0.6 is 0 Å². The van der Waals surface area contributed by atoms with Gasteiger partial charge in [-0.1, -0.05) is 0 Å². The van der Waals surface area contributed by atoms with Crippen LogP contribution in [0.4, 0.5) is 0 Å². The molecule has 2 heterocycles. The van der Waals surface area contributed by atoms with Crippen LogP contribution in [0.5, 0.6) is 0 Å². The highest BCUT2D eigenvalue weighted by molar-refractivity contribution is 5.19. The number of hydrogen-bond acceptors (Lipinski definition) is 4. The summed E-state index contributed by atoms with van der Waals surface area (Å²) in [5, 5.41) is 0. The summed E-state index contributed by atoms with van der Waals surface area (Å²) in [4.78, 5) is 2.39. The molecule has 1 saturated heterocycles. The molecule has 1 fully saturated rings. The number of nitrogens with two attached hydrogens (primary N) is 1. The Bertz CT molecular complexity index is 362. The van der Waals surface area contributed by atoms with Gasteiger partial charge < -0.3 is 14.9 Å². The van der Waals surface area contributed by atoms with E-state index in [1.165, 1.54) is 0 Å². The Morgan fingerprint density at radius 3 is 3.06 bits per heavy atom. The number of aryl methyl sites for hydroxylation is 1. The van der Waals surface area contributed by atoms with Gasteiger partial charge in [0, 0.05) is 19.7 Å². The number of furan rings is 1. The van der Waals surface area contributed by atoms with Gasteiger partial charge in [-0.3, -0.25) is 4.90 Å². The van der Waals surface area contributed by atoms with Crippen molar-refractivity contribution >= 4 is 0 Å². The van der Waals surface area contributed by atoms with Gasteiger partial charge in [-0.05, 0) is 31.9 Å². The van der Waals surface area contributed by atoms with Crippen LogP contribution in [0.25, 0.3) is 0 Å². The highest BCUT2D eigenvalue weighted by Crippen LogP contribution is 2.17. The molecule has 2 N–H and O–H groups in total. The Labute approximate surface area is 103 Å². The Kier molecular flexibility index (Phi) is 4.20. The fourth-order valence-electron chi connectivity index (χ4n) is 2.32. The van der Waals surface area contributed by atoms with Crippen LogP contribution < -0.4 is 5.73 Å². The molecule has 17 heavy (non-hydrogen) atoms. The molecule has 2 rings (SSSR count). The Balaban J connectivity index is 1.98. The third-order valence-electron chi connectivity index (χ3n) is 3.17. The fourth-order valence-corrected chi connectivity index (χ4v) is 2.32. The molecule has 96 valence electrons. The molecule has 0 saturated carbocycles. The first-order valence-corrected chi connectivity index (χ1v) is 6.31. The van der Waals surface area contributed by atoms with Crippen molar-refractivity contribution in [2.75, 3.05) is 19.7 Å². The molecule has 0 amide bonds. The average molecular weight is 238 g/mol. The van der Waals surface area contributed by atoms with Crippen LogP contribution in [0.1, 0.15) is 30.4 Å². The van der Waals surface area contributed by atoms with E-state index < -0.39 is 0 Å². The largest absolute Gasteiger partial charge is 0.463 e. The van der Waals surface area contributed by atoms with Gasteiger partial charge in [0.2, 0.25) is 0 Å². The molecule has 1 aromatic rings. The second-order valence-electron chi connectivity index (χ2n) is 4.79. The normalized spacial score (nSPS) is 22.6. The molecule has 1 aliphatic heterocycles. The topological polar surface area (TPSA) is 51.6 Å². The van der Waals surface area contributed by atoms with E-state index in [1.807, 2.05) is 6.92 Å². The maximum Gasteiger partial charge on any atom is 0.120 e. The van der Waals surface area contributed by atoms with Crippen LogP contribution in [-0.2, 0) is 17.8 Å². The second kappa shape index (κ2) is 5.67. The van der Waals surface area contributed by atoms with Gasteiger partial charge in [0.15, 0.2) is 0 Å². The Hall–Kier alpha value is -0.840. The van der Waals surface area contributed by atoms with E-state index in [1.54, 1.807) is 0 Å². The van der Waals surface area contributed by atoms with E-state index in [-0.39, 0.29) is 0 Å². The molecule has 4 nitrogen and oxygen atoms in total. The molecule has 0 aromatic carbocycles. The molecule has 4 heteroatoms. The van der Waals surface area contributed by atoms with Crippen LogP contribution in [0, 0.1) is 6.92 Å². The smallest absolute Gasteiger partial charge is 0.120 e. The fraction of sp³-hybridized carbons (Fsp3) is 0.692. The average Bonchev–Trinajstić information content (AvgIpc) is 2.50. The van der Waals surface area contributed by atoms with Gasteiger partial charge in [-0.2, -0.15) is 0 Å². The predicted octanol–water partition coefficient (Wildman–Crippen LogP) is 1.66. The van der Waals surface area contributed by atoms with Gasteiger partial charge in [0.25, 0.3) is 0 Å². The van der Waals surface area contributed by atoms with Crippen LogP contribution in [0.2, 0.25) is 0 Å². The first-order valence-electron chi connectivity index (χ1n) is 6.31. The summed E-state index contributed by atoms with van der Waals surface area (Å²) in [6, 6.07) is 2.10. The number of ether oxygens (including phenoxy) is 1. The molecular formula is C13H22N2O2. The molecule has 0 aliphatic carbocycles. The van der Waals surface area contributed by atoms with E-state index in [4.69, 9.17) is 14.9 Å². The first-order chi connectivity index (χ1) is 8.19. The lowest BCUT2D eigenvalue weighted by Gasteiger charge is -2.20. The number of hydrogen-bond donors (Lipinski definition) is 1. The number of rotatable bonds is 3. The quantitative estimate of drug-likeness (QED) is 0.870. The molecule has 0 radical (unpaired) electrons. The van der Waals surface area contributed by atoms with E-state index in [9.17, 15) is 0 Å². The molecular weight excluding hydrogens is 216 g/mol. The predicted molar refractivity (Wildman–Crippen MR) is 66.6 cm³/mol. The Morgan fingerprint density at radius 2 is 2.35 bits per heavy atom. The molecule has 1 aliphatic rings. The van der Waals surface area contributed by atoms with Crippen molar-refractivity contribution in [3.8, 4) is 0 Å². The van der Waals surface area contributed by atoms with Gasteiger partial charge in [0.05, 0.1) is 19.2 Å². The second-order valence-corrected chi connectivity index (χ2v) is 4.79. The summed E-state index contributed by atoms with van der Waals surface area (Å²) in [5.74, 6) is 1.91. The van der Waals surface area contributed by atoms with E-state index in [2.05, 4.69) is 17.9 Å². The lowest BCUT2D eigenvalue weighted by atomic mass is 10.2. The van der Waals surface area contributed by atoms with Crippen molar-refractivity contribution in [2.45, 2.75) is 39.5 Å². The summed E-state index contributed by atoms with van der Waals surface area (Å²) in [5.41, 5.74) is 6.77. The summed E-state index contributed by atoms with van der Waals surface area (Å²) >= 11 is 0. The van der Waals surface area contributed by atoms with Crippen LogP contribution in [0.15, 0.2) is 10.5 Å². The van der Waals surface area contributed by atoms with Crippen molar-refractivity contribution in [3.63, 3.8) is 0 Å². The maximum atomic E-state index is 5.73. The molecule has 0 bridgehead atoms. The van der Waals surface area contributed by atoms with Crippen molar-refractivity contribution in [1.29, 1.82) is 0 Å². The third kappa shape index (κ3) is 3.31. The van der Waals surface area contributed by atoms with Crippen LogP contribution in [-0.4, -0.2) is 30.7 Å². The van der Waals surface area contributed by atoms with Gasteiger partial charge in [0.1, 0.15) is 11.5 Å². The lowest BCUT2D eigenvalue weighted by Crippen LogP contribution is -2.29. The van der Waals surface area contributed by atoms with Crippen molar-refractivity contribution in [3.05, 3.63) is 23.2 Å². The Morgan fingerprint density at radius 1 is 1.53 bits per heavy atom. The molecule has 1 atom stereocenters. The zero-order chi connectivity index (χ0) is 12.3. The monoisotopic (exact) mass is 238 g/mol. The zero-order valence-corrected chi connectivity index (χ0v) is 10.7. The van der Waals surface area contributed by atoms with Crippen molar-refractivity contribution < 1.29 is 9.15 Å². The van der Waals surface area contributed by atoms with E-state index in [0.29, 0.717) is 12.6 Å². The standard InChI is InChI=1S/C13H22N2O2/c1-10-6-12(17-13(10)7-14)9-15-4-3-5-16-11(2)8-15/h6,11H,3-5,7-9,14H2,1-2H3. The minimum atomic E-state index is 0.308. The number of nitrogens with zero attached hydrogens (tertiary/aromatic N) is 1. The third-order valence-corrected chi connectivity index (χ3v) is 3.17. The summed E-state index contributed by atoms with van der Waals surface area (Å²) in [7, 11) is 0. The molecule has 0 spiro atoms. The highest BCUT2D eigenvalue weighted by Gasteiger charge is 2.17. The highest BCUT2D eigenvalue weighted by atomic mass is 16.5. The summed E-state index contributed by atoms with van der Waals surface area (Å²) in [6.07, 6.45) is 1.40. The van der Waals surface area contributed by atoms with E-state index >= 15 is 0 Å². The zero-order valence-electron chi connectivity index (χ0n) is 10.7. The first kappa shape index (κ1) is 12.6. The van der Waals surface area contributed by atoms with Crippen LogP contribution in [0.3, 0.4) is 0 Å². The van der Waals surface area contributed by atoms with Crippen molar-refractivity contribution in [2.24, 2.45) is 5.73 Å². The van der Waals surface area contributed by atoms with E-state index in [0.717, 1.165) is 49.7 Å². The van der Waals surface area contributed by atoms with Gasteiger partial charge >= 0.3 is 0 Å². The van der Waals surface area contributed by atoms with Gasteiger partial charge in [-0.25, -0.2) is 0 Å². The summed E-state index contributed by atoms with van der Waals surface area (Å²) < 4.78 is 11.4. The van der Waals surface area contributed by atoms with Crippen molar-refractivity contribution in [1.82, 2.24) is 4.90 Å². The minimum Gasteiger partial charge on any atom is -0.463 e. The lowest BCUT2D eigenvalue weighted by molar-refractivity contribution is 0.0658.